The smallest absolute Gasteiger partial charge is 0.407 e. The minimum Gasteiger partial charge on any atom is -0.407 e. The molecular formula is C20H19F3N4O5. The van der Waals surface area contributed by atoms with Crippen molar-refractivity contribution in [1.82, 2.24) is 4.57 Å². The third kappa shape index (κ3) is 4.90. The standard InChI is InChI=1S/C20H19F3N4O5/c1-25(2)12-5-7-15(14(10-12)20(21,22)23)24-18(28)4-3-9-26-16-8-6-13(27(30)31)11-17(16)32-19(26)29/h5-8,10-11H,3-4,9H2,1-2H3,(H,24,28). The fourth-order valence-electron chi connectivity index (χ4n) is 3.14. The van der Waals surface area contributed by atoms with E-state index in [2.05, 4.69) is 5.32 Å². The molecule has 0 aliphatic heterocycles. The molecule has 0 aliphatic carbocycles. The first-order valence-electron chi connectivity index (χ1n) is 9.43. The summed E-state index contributed by atoms with van der Waals surface area (Å²) in [7, 11) is 3.21. The number of non-ortho nitro benzene ring substituents is 1. The number of hydrogen-bond donors (Lipinski definition) is 1. The number of amides is 1. The predicted octanol–water partition coefficient (Wildman–Crippen LogP) is 4.01. The summed E-state index contributed by atoms with van der Waals surface area (Å²) < 4.78 is 46.4. The van der Waals surface area contributed by atoms with Crippen LogP contribution in [-0.2, 0) is 17.5 Å². The zero-order valence-corrected chi connectivity index (χ0v) is 17.1. The van der Waals surface area contributed by atoms with Crippen LogP contribution in [-0.4, -0.2) is 29.5 Å². The Labute approximate surface area is 179 Å². The van der Waals surface area contributed by atoms with Crippen LogP contribution >= 0.6 is 0 Å². The highest BCUT2D eigenvalue weighted by molar-refractivity contribution is 5.92. The van der Waals surface area contributed by atoms with E-state index in [1.54, 1.807) is 14.1 Å². The Hall–Kier alpha value is -3.83. The quantitative estimate of drug-likeness (QED) is 0.429. The van der Waals surface area contributed by atoms with Crippen LogP contribution in [0.5, 0.6) is 0 Å². The molecule has 9 nitrogen and oxygen atoms in total. The van der Waals surface area contributed by atoms with Crippen molar-refractivity contribution in [3.63, 3.8) is 0 Å². The SMILES string of the molecule is CN(C)c1ccc(NC(=O)CCCn2c(=O)oc3cc([N+](=O)[O-])ccc32)c(C(F)(F)F)c1. The number of rotatable bonds is 7. The van der Waals surface area contributed by atoms with Crippen molar-refractivity contribution < 1.29 is 27.3 Å². The number of nitrogens with zero attached hydrogens (tertiary/aromatic N) is 3. The van der Waals surface area contributed by atoms with Crippen molar-refractivity contribution in [2.24, 2.45) is 0 Å². The van der Waals surface area contributed by atoms with E-state index in [1.165, 1.54) is 33.7 Å². The molecule has 2 aromatic carbocycles. The second-order valence-corrected chi connectivity index (χ2v) is 7.20. The summed E-state index contributed by atoms with van der Waals surface area (Å²) in [6.45, 7) is 0.0444. The van der Waals surface area contributed by atoms with E-state index in [-0.39, 0.29) is 36.3 Å². The molecule has 0 saturated heterocycles. The van der Waals surface area contributed by atoms with Crippen LogP contribution in [0.15, 0.2) is 45.6 Å². The Kier molecular flexibility index (Phi) is 6.23. The van der Waals surface area contributed by atoms with E-state index in [0.29, 0.717) is 11.2 Å². The second-order valence-electron chi connectivity index (χ2n) is 7.20. The molecule has 0 bridgehead atoms. The van der Waals surface area contributed by atoms with Crippen LogP contribution in [0.25, 0.3) is 11.1 Å². The first kappa shape index (κ1) is 22.8. The van der Waals surface area contributed by atoms with Gasteiger partial charge in [0.2, 0.25) is 5.91 Å². The van der Waals surface area contributed by atoms with Gasteiger partial charge in [-0.05, 0) is 30.7 Å². The zero-order valence-electron chi connectivity index (χ0n) is 17.1. The Morgan fingerprint density at radius 3 is 2.56 bits per heavy atom. The molecule has 0 fully saturated rings. The first-order valence-corrected chi connectivity index (χ1v) is 9.43. The fraction of sp³-hybridized carbons (Fsp3) is 0.300. The van der Waals surface area contributed by atoms with E-state index >= 15 is 0 Å². The van der Waals surface area contributed by atoms with E-state index < -0.39 is 28.3 Å². The molecule has 0 radical (unpaired) electrons. The summed E-state index contributed by atoms with van der Waals surface area (Å²) in [5, 5.41) is 13.1. The van der Waals surface area contributed by atoms with Crippen LogP contribution < -0.4 is 16.0 Å². The van der Waals surface area contributed by atoms with Gasteiger partial charge in [0.15, 0.2) is 5.58 Å². The van der Waals surface area contributed by atoms with E-state index in [0.717, 1.165) is 12.1 Å². The molecule has 1 aromatic heterocycles. The molecule has 1 amide bonds. The van der Waals surface area contributed by atoms with Gasteiger partial charge in [0.25, 0.3) is 5.69 Å². The lowest BCUT2D eigenvalue weighted by atomic mass is 10.1. The van der Waals surface area contributed by atoms with Crippen LogP contribution in [0.3, 0.4) is 0 Å². The molecule has 1 N–H and O–H groups in total. The van der Waals surface area contributed by atoms with Gasteiger partial charge in [-0.1, -0.05) is 0 Å². The predicted molar refractivity (Wildman–Crippen MR) is 111 cm³/mol. The molecule has 0 aliphatic rings. The summed E-state index contributed by atoms with van der Waals surface area (Å²) in [5.41, 5.74) is -0.869. The van der Waals surface area contributed by atoms with E-state index in [9.17, 15) is 32.9 Å². The average Bonchev–Trinajstić information content (AvgIpc) is 3.01. The molecule has 3 aromatic rings. The highest BCUT2D eigenvalue weighted by Crippen LogP contribution is 2.37. The molecular weight excluding hydrogens is 433 g/mol. The topological polar surface area (TPSA) is 111 Å². The van der Waals surface area contributed by atoms with E-state index in [1.807, 2.05) is 0 Å². The van der Waals surface area contributed by atoms with Crippen LogP contribution in [0, 0.1) is 10.1 Å². The van der Waals surface area contributed by atoms with Gasteiger partial charge in [-0.15, -0.1) is 0 Å². The summed E-state index contributed by atoms with van der Waals surface area (Å²) >= 11 is 0. The molecule has 32 heavy (non-hydrogen) atoms. The van der Waals surface area contributed by atoms with Crippen LogP contribution in [0.2, 0.25) is 0 Å². The summed E-state index contributed by atoms with van der Waals surface area (Å²) in [6, 6.07) is 7.30. The number of fused-ring (bicyclic) bond motifs is 1. The monoisotopic (exact) mass is 452 g/mol. The van der Waals surface area contributed by atoms with Gasteiger partial charge < -0.3 is 14.6 Å². The number of oxazole rings is 1. The summed E-state index contributed by atoms with van der Waals surface area (Å²) in [6.07, 6.45) is -4.67. The Balaban J connectivity index is 1.69. The van der Waals surface area contributed by atoms with Gasteiger partial charge in [0.1, 0.15) is 0 Å². The molecule has 3 rings (SSSR count). The van der Waals surface area contributed by atoms with Crippen LogP contribution in [0.1, 0.15) is 18.4 Å². The zero-order chi connectivity index (χ0) is 23.6. The number of aryl methyl sites for hydroxylation is 1. The molecule has 0 unspecified atom stereocenters. The van der Waals surface area contributed by atoms with Crippen molar-refractivity contribution in [2.75, 3.05) is 24.3 Å². The Morgan fingerprint density at radius 2 is 1.94 bits per heavy atom. The molecule has 12 heteroatoms. The number of nitro benzene ring substituents is 1. The third-order valence-corrected chi connectivity index (χ3v) is 4.75. The first-order chi connectivity index (χ1) is 15.0. The average molecular weight is 452 g/mol. The van der Waals surface area contributed by atoms with Gasteiger partial charge >= 0.3 is 11.9 Å². The molecule has 0 saturated carbocycles. The maximum Gasteiger partial charge on any atom is 0.419 e. The number of nitrogens with one attached hydrogen (secondary N) is 1. The molecule has 170 valence electrons. The van der Waals surface area contributed by atoms with Gasteiger partial charge in [0.05, 0.1) is 27.8 Å². The van der Waals surface area contributed by atoms with Crippen molar-refractivity contribution in [3.05, 3.63) is 62.6 Å². The molecule has 0 spiro atoms. The number of carbonyl (C=O) groups is 1. The lowest BCUT2D eigenvalue weighted by Gasteiger charge is -2.18. The van der Waals surface area contributed by atoms with Crippen molar-refractivity contribution in [1.29, 1.82) is 0 Å². The number of anilines is 2. The van der Waals surface area contributed by atoms with Gasteiger partial charge in [-0.3, -0.25) is 19.5 Å². The van der Waals surface area contributed by atoms with Crippen molar-refractivity contribution in [2.45, 2.75) is 25.6 Å². The Morgan fingerprint density at radius 1 is 1.22 bits per heavy atom. The minimum atomic E-state index is -4.65. The number of benzene rings is 2. The van der Waals surface area contributed by atoms with E-state index in [4.69, 9.17) is 4.42 Å². The normalized spacial score (nSPS) is 11.5. The number of halogens is 3. The highest BCUT2D eigenvalue weighted by atomic mass is 19.4. The lowest BCUT2D eigenvalue weighted by molar-refractivity contribution is -0.384. The van der Waals surface area contributed by atoms with Gasteiger partial charge in [0, 0.05) is 38.8 Å². The number of hydrogen-bond acceptors (Lipinski definition) is 6. The number of aromatic nitrogens is 1. The maximum absolute atomic E-state index is 13.4. The van der Waals surface area contributed by atoms with Gasteiger partial charge in [-0.2, -0.15) is 13.2 Å². The molecule has 1 heterocycles. The largest absolute Gasteiger partial charge is 0.419 e. The summed E-state index contributed by atoms with van der Waals surface area (Å²) in [5.74, 6) is -1.40. The van der Waals surface area contributed by atoms with Crippen molar-refractivity contribution >= 4 is 34.1 Å². The highest BCUT2D eigenvalue weighted by Gasteiger charge is 2.34. The number of nitro groups is 1. The number of carbonyl (C=O) groups excluding carboxylic acids is 1. The Bertz CT molecular complexity index is 1230. The third-order valence-electron chi connectivity index (χ3n) is 4.75. The number of alkyl halides is 3. The van der Waals surface area contributed by atoms with Crippen molar-refractivity contribution in [3.8, 4) is 0 Å². The summed E-state index contributed by atoms with van der Waals surface area (Å²) in [4.78, 5) is 36.0. The minimum absolute atomic E-state index is 0.0319. The second kappa shape index (κ2) is 8.73. The maximum atomic E-state index is 13.4. The lowest BCUT2D eigenvalue weighted by Crippen LogP contribution is -2.19. The van der Waals surface area contributed by atoms with Gasteiger partial charge in [-0.25, -0.2) is 4.79 Å². The molecule has 0 atom stereocenters. The van der Waals surface area contributed by atoms with Crippen LogP contribution in [0.4, 0.5) is 30.2 Å². The fourth-order valence-corrected chi connectivity index (χ4v) is 3.14.